The van der Waals surface area contributed by atoms with Gasteiger partial charge in [0, 0.05) is 41.4 Å². The van der Waals surface area contributed by atoms with Gasteiger partial charge in [-0.15, -0.1) is 11.3 Å². The first kappa shape index (κ1) is 20.8. The van der Waals surface area contributed by atoms with Crippen molar-refractivity contribution in [2.24, 2.45) is 10.7 Å². The Kier molecular flexibility index (Phi) is 4.85. The molecule has 5 heterocycles. The first-order valence-corrected chi connectivity index (χ1v) is 11.9. The van der Waals surface area contributed by atoms with Gasteiger partial charge in [-0.1, -0.05) is 0 Å². The van der Waals surface area contributed by atoms with Crippen LogP contribution >= 0.6 is 11.3 Å². The SMILES string of the molecule is N[C@@H]1CCN(C(=O)c2cc(-c3cc(=NC4CC4)n4nc/c(=C\c5[nH]c(=O)[nH]c5O)c4n3)cs2)C1. The van der Waals surface area contributed by atoms with E-state index in [0.29, 0.717) is 40.0 Å². The van der Waals surface area contributed by atoms with Crippen LogP contribution < -0.4 is 22.1 Å². The maximum absolute atomic E-state index is 12.9. The lowest BCUT2D eigenvalue weighted by molar-refractivity contribution is 0.0795. The van der Waals surface area contributed by atoms with E-state index in [1.54, 1.807) is 21.7 Å². The Bertz CT molecular complexity index is 1590. The number of rotatable bonds is 4. The largest absolute Gasteiger partial charge is 0.493 e. The van der Waals surface area contributed by atoms with Crippen LogP contribution in [-0.4, -0.2) is 65.7 Å². The molecule has 0 spiro atoms. The molecular weight excluding hydrogens is 456 g/mol. The zero-order valence-electron chi connectivity index (χ0n) is 18.1. The van der Waals surface area contributed by atoms with Crippen molar-refractivity contribution in [3.05, 3.63) is 55.5 Å². The lowest BCUT2D eigenvalue weighted by Gasteiger charge is -2.14. The van der Waals surface area contributed by atoms with Gasteiger partial charge in [0.1, 0.15) is 5.69 Å². The number of imidazole rings is 1. The highest BCUT2D eigenvalue weighted by Crippen LogP contribution is 2.26. The van der Waals surface area contributed by atoms with Gasteiger partial charge < -0.3 is 20.7 Å². The third-order valence-corrected chi connectivity index (χ3v) is 6.91. The molecule has 0 bridgehead atoms. The smallest absolute Gasteiger partial charge is 0.326 e. The maximum Gasteiger partial charge on any atom is 0.326 e. The monoisotopic (exact) mass is 478 g/mol. The molecule has 1 atom stereocenters. The number of nitrogens with two attached hydrogens (primary N) is 1. The van der Waals surface area contributed by atoms with Gasteiger partial charge >= 0.3 is 5.69 Å². The number of hydrogen-bond donors (Lipinski definition) is 4. The molecular formula is C22H22N8O3S. The van der Waals surface area contributed by atoms with Crippen molar-refractivity contribution in [1.82, 2.24) is 29.5 Å². The van der Waals surface area contributed by atoms with Gasteiger partial charge in [-0.25, -0.2) is 9.78 Å². The summed E-state index contributed by atoms with van der Waals surface area (Å²) in [6, 6.07) is 4.02. The van der Waals surface area contributed by atoms with Gasteiger partial charge in [-0.3, -0.25) is 14.8 Å². The van der Waals surface area contributed by atoms with Crippen molar-refractivity contribution in [1.29, 1.82) is 0 Å². The quantitative estimate of drug-likeness (QED) is 0.322. The topological polar surface area (TPSA) is 158 Å². The molecule has 11 nitrogen and oxygen atoms in total. The van der Waals surface area contributed by atoms with Gasteiger partial charge in [0.2, 0.25) is 5.88 Å². The average Bonchev–Trinajstić information content (AvgIpc) is 3.18. The fourth-order valence-corrected chi connectivity index (χ4v) is 4.92. The molecule has 5 N–H and O–H groups in total. The Labute approximate surface area is 196 Å². The summed E-state index contributed by atoms with van der Waals surface area (Å²) in [4.78, 5) is 41.3. The standard InChI is InChI=1S/C22H22N8O3S/c23-13-3-4-29(9-13)21(32)17-6-12(10-34-17)15-7-18(25-14-1-2-14)30-19(26-15)11(8-24-30)5-16-20(31)28-22(33)27-16/h5-8,10,13-14,31H,1-4,9,23H2,(H2,27,28,33)/b11-5+,25-18?/t13-/m1/s1. The molecule has 1 saturated heterocycles. The van der Waals surface area contributed by atoms with Crippen LogP contribution in [0.2, 0.25) is 0 Å². The molecule has 6 rings (SSSR count). The molecule has 174 valence electrons. The second-order valence-corrected chi connectivity index (χ2v) is 9.59. The van der Waals surface area contributed by atoms with Crippen LogP contribution in [0.1, 0.15) is 34.6 Å². The Morgan fingerprint density at radius 2 is 2.15 bits per heavy atom. The Morgan fingerprint density at radius 1 is 1.29 bits per heavy atom. The van der Waals surface area contributed by atoms with Crippen LogP contribution in [0.4, 0.5) is 0 Å². The Morgan fingerprint density at radius 3 is 2.85 bits per heavy atom. The molecule has 1 saturated carbocycles. The molecule has 0 unspecified atom stereocenters. The number of aromatic hydroxyl groups is 1. The van der Waals surface area contributed by atoms with Crippen molar-refractivity contribution in [2.75, 3.05) is 13.1 Å². The van der Waals surface area contributed by atoms with E-state index >= 15 is 0 Å². The first-order chi connectivity index (χ1) is 16.4. The van der Waals surface area contributed by atoms with Crippen molar-refractivity contribution in [2.45, 2.75) is 31.3 Å². The third-order valence-electron chi connectivity index (χ3n) is 6.00. The van der Waals surface area contributed by atoms with Crippen LogP contribution in [0.3, 0.4) is 0 Å². The molecule has 2 fully saturated rings. The van der Waals surface area contributed by atoms with Crippen molar-refractivity contribution >= 4 is 29.0 Å². The average molecular weight is 479 g/mol. The molecule has 1 aliphatic carbocycles. The number of carbonyl (C=O) groups excluding carboxylic acids is 1. The number of thiophene rings is 1. The highest BCUT2D eigenvalue weighted by atomic mass is 32.1. The summed E-state index contributed by atoms with van der Waals surface area (Å²) in [5.41, 5.74) is 8.37. The number of hydrogen-bond acceptors (Lipinski definition) is 8. The highest BCUT2D eigenvalue weighted by molar-refractivity contribution is 7.12. The number of nitrogens with one attached hydrogen (secondary N) is 2. The zero-order chi connectivity index (χ0) is 23.4. The second kappa shape index (κ2) is 7.92. The van der Waals surface area contributed by atoms with Gasteiger partial charge in [0.15, 0.2) is 11.1 Å². The maximum atomic E-state index is 12.9. The Balaban J connectivity index is 1.46. The van der Waals surface area contributed by atoms with Crippen LogP contribution in [0.25, 0.3) is 23.0 Å². The van der Waals surface area contributed by atoms with Crippen molar-refractivity contribution < 1.29 is 9.90 Å². The van der Waals surface area contributed by atoms with Gasteiger partial charge in [-0.05, 0) is 31.4 Å². The normalized spacial score (nSPS) is 19.6. The zero-order valence-corrected chi connectivity index (χ0v) is 18.9. The minimum Gasteiger partial charge on any atom is -0.493 e. The predicted molar refractivity (Wildman–Crippen MR) is 125 cm³/mol. The summed E-state index contributed by atoms with van der Waals surface area (Å²) in [7, 11) is 0. The van der Waals surface area contributed by atoms with Crippen LogP contribution in [0, 0.1) is 0 Å². The molecule has 4 aromatic heterocycles. The second-order valence-electron chi connectivity index (χ2n) is 8.68. The number of carbonyl (C=O) groups is 1. The molecule has 1 aliphatic heterocycles. The number of amides is 1. The van der Waals surface area contributed by atoms with E-state index in [-0.39, 0.29) is 29.6 Å². The molecule has 12 heteroatoms. The number of fused-ring (bicyclic) bond motifs is 1. The summed E-state index contributed by atoms with van der Waals surface area (Å²) in [6.45, 7) is 1.24. The Hall–Kier alpha value is -3.77. The van der Waals surface area contributed by atoms with E-state index < -0.39 is 5.69 Å². The highest BCUT2D eigenvalue weighted by Gasteiger charge is 2.26. The van der Waals surface area contributed by atoms with Crippen LogP contribution in [0.5, 0.6) is 5.88 Å². The van der Waals surface area contributed by atoms with E-state index in [9.17, 15) is 14.7 Å². The summed E-state index contributed by atoms with van der Waals surface area (Å²) >= 11 is 1.38. The summed E-state index contributed by atoms with van der Waals surface area (Å²) in [6.07, 6.45) is 6.10. The van der Waals surface area contributed by atoms with Gasteiger partial charge in [0.05, 0.1) is 22.8 Å². The lowest BCUT2D eigenvalue weighted by atomic mass is 10.2. The molecule has 0 aromatic carbocycles. The van der Waals surface area contributed by atoms with E-state index in [1.807, 2.05) is 17.5 Å². The van der Waals surface area contributed by atoms with E-state index in [4.69, 9.17) is 15.7 Å². The third kappa shape index (κ3) is 3.80. The fourth-order valence-electron chi connectivity index (χ4n) is 4.05. The molecule has 4 aromatic rings. The van der Waals surface area contributed by atoms with Crippen LogP contribution in [0.15, 0.2) is 33.5 Å². The van der Waals surface area contributed by atoms with Crippen molar-refractivity contribution in [3.63, 3.8) is 0 Å². The number of aromatic amines is 2. The number of likely N-dealkylation sites (tertiary alicyclic amines) is 1. The van der Waals surface area contributed by atoms with Gasteiger partial charge in [-0.2, -0.15) is 9.61 Å². The van der Waals surface area contributed by atoms with E-state index in [2.05, 4.69) is 15.1 Å². The predicted octanol–water partition coefficient (Wildman–Crippen LogP) is -0.0362. The minimum absolute atomic E-state index is 0.0153. The number of nitrogens with zero attached hydrogens (tertiary/aromatic N) is 5. The van der Waals surface area contributed by atoms with Gasteiger partial charge in [0.25, 0.3) is 5.91 Å². The number of aromatic nitrogens is 5. The lowest BCUT2D eigenvalue weighted by Crippen LogP contribution is -2.31. The molecule has 34 heavy (non-hydrogen) atoms. The summed E-state index contributed by atoms with van der Waals surface area (Å²) < 4.78 is 1.65. The summed E-state index contributed by atoms with van der Waals surface area (Å²) in [5, 5.41) is 16.9. The summed E-state index contributed by atoms with van der Waals surface area (Å²) in [5.74, 6) is -0.274. The van der Waals surface area contributed by atoms with Crippen molar-refractivity contribution in [3.8, 4) is 17.1 Å². The molecule has 1 amide bonds. The molecule has 2 aliphatic rings. The molecule has 0 radical (unpaired) electrons. The van der Waals surface area contributed by atoms with E-state index in [1.165, 1.54) is 11.3 Å². The van der Waals surface area contributed by atoms with Crippen LogP contribution in [-0.2, 0) is 0 Å². The van der Waals surface area contributed by atoms with E-state index in [0.717, 1.165) is 24.8 Å². The minimum atomic E-state index is -0.507. The first-order valence-electron chi connectivity index (χ1n) is 11.0. The fraction of sp³-hybridized carbons (Fsp3) is 0.318. The number of H-pyrrole nitrogens is 2.